The Morgan fingerprint density at radius 2 is 1.79 bits per heavy atom. The van der Waals surface area contributed by atoms with E-state index in [4.69, 9.17) is 16.3 Å². The number of para-hydroxylation sites is 2. The Labute approximate surface area is 165 Å². The summed E-state index contributed by atoms with van der Waals surface area (Å²) >= 11 is 5.66. The maximum absolute atomic E-state index is 13.3. The van der Waals surface area contributed by atoms with Crippen LogP contribution in [0.5, 0.6) is 11.5 Å². The van der Waals surface area contributed by atoms with Crippen LogP contribution in [0.15, 0.2) is 65.6 Å². The number of benzene rings is 3. The number of sulfonamides is 1. The molecule has 0 saturated carbocycles. The van der Waals surface area contributed by atoms with Crippen LogP contribution in [-0.4, -0.2) is 14.3 Å². The molecular formula is C19H12ClFN2O4S. The van der Waals surface area contributed by atoms with Crippen molar-refractivity contribution in [3.05, 3.63) is 77.1 Å². The number of hydrogen-bond acceptors (Lipinski definition) is 4. The monoisotopic (exact) mass is 418 g/mol. The zero-order valence-electron chi connectivity index (χ0n) is 14.1. The summed E-state index contributed by atoms with van der Waals surface area (Å²) in [5.41, 5.74) is 0.809. The average Bonchev–Trinajstić information content (AvgIpc) is 2.79. The van der Waals surface area contributed by atoms with Gasteiger partial charge in [0.15, 0.2) is 5.75 Å². The molecule has 0 aliphatic carbocycles. The maximum Gasteiger partial charge on any atom is 0.261 e. The van der Waals surface area contributed by atoms with Gasteiger partial charge in [-0.2, -0.15) is 0 Å². The van der Waals surface area contributed by atoms with E-state index in [0.717, 1.165) is 18.2 Å². The number of fused-ring (bicyclic) bond motifs is 2. The molecule has 0 spiro atoms. The van der Waals surface area contributed by atoms with E-state index in [-0.39, 0.29) is 26.9 Å². The smallest absolute Gasteiger partial charge is 0.261 e. The van der Waals surface area contributed by atoms with Gasteiger partial charge in [-0.15, -0.1) is 0 Å². The van der Waals surface area contributed by atoms with Gasteiger partial charge in [0.25, 0.3) is 15.9 Å². The molecule has 0 aromatic heterocycles. The second-order valence-corrected chi connectivity index (χ2v) is 8.03. The summed E-state index contributed by atoms with van der Waals surface area (Å²) in [7, 11) is -4.03. The van der Waals surface area contributed by atoms with Gasteiger partial charge in [0.2, 0.25) is 0 Å². The van der Waals surface area contributed by atoms with Crippen molar-refractivity contribution in [1.29, 1.82) is 0 Å². The lowest BCUT2D eigenvalue weighted by Gasteiger charge is -2.11. The molecule has 28 heavy (non-hydrogen) atoms. The summed E-state index contributed by atoms with van der Waals surface area (Å²) in [5, 5.41) is 2.40. The molecule has 4 rings (SSSR count). The van der Waals surface area contributed by atoms with E-state index in [1.807, 2.05) is 0 Å². The van der Waals surface area contributed by atoms with Crippen molar-refractivity contribution in [3.63, 3.8) is 0 Å². The molecule has 6 nitrogen and oxygen atoms in total. The number of ether oxygens (including phenoxy) is 1. The van der Waals surface area contributed by atoms with Crippen molar-refractivity contribution in [1.82, 2.24) is 0 Å². The predicted octanol–water partition coefficient (Wildman–Crippen LogP) is 4.64. The second-order valence-electron chi connectivity index (χ2n) is 5.94. The molecule has 0 radical (unpaired) electrons. The van der Waals surface area contributed by atoms with Gasteiger partial charge in [-0.25, -0.2) is 12.8 Å². The third kappa shape index (κ3) is 3.39. The molecule has 3 aromatic rings. The highest BCUT2D eigenvalue weighted by atomic mass is 35.5. The van der Waals surface area contributed by atoms with Gasteiger partial charge < -0.3 is 10.1 Å². The molecule has 1 heterocycles. The Morgan fingerprint density at radius 1 is 1.00 bits per heavy atom. The molecule has 0 unspecified atom stereocenters. The number of carbonyl (C=O) groups excluding carboxylic acids is 1. The maximum atomic E-state index is 13.3. The van der Waals surface area contributed by atoms with E-state index < -0.39 is 21.7 Å². The van der Waals surface area contributed by atoms with Crippen LogP contribution < -0.4 is 14.8 Å². The summed E-state index contributed by atoms with van der Waals surface area (Å²) in [5.74, 6) is -0.399. The lowest BCUT2D eigenvalue weighted by Crippen LogP contribution is -2.15. The molecule has 0 fully saturated rings. The van der Waals surface area contributed by atoms with E-state index in [1.54, 1.807) is 24.3 Å². The van der Waals surface area contributed by atoms with E-state index in [1.165, 1.54) is 18.2 Å². The quantitative estimate of drug-likeness (QED) is 0.649. The van der Waals surface area contributed by atoms with E-state index in [0.29, 0.717) is 11.4 Å². The number of nitrogens with one attached hydrogen (secondary N) is 2. The minimum Gasteiger partial charge on any atom is -0.454 e. The van der Waals surface area contributed by atoms with Crippen LogP contribution in [0.2, 0.25) is 5.02 Å². The molecule has 9 heteroatoms. The first-order valence-electron chi connectivity index (χ1n) is 8.04. The van der Waals surface area contributed by atoms with Crippen molar-refractivity contribution in [3.8, 4) is 11.5 Å². The predicted molar refractivity (Wildman–Crippen MR) is 103 cm³/mol. The van der Waals surface area contributed by atoms with Gasteiger partial charge >= 0.3 is 0 Å². The van der Waals surface area contributed by atoms with Crippen molar-refractivity contribution in [2.75, 3.05) is 10.0 Å². The molecule has 0 bridgehead atoms. The highest BCUT2D eigenvalue weighted by molar-refractivity contribution is 7.92. The first-order chi connectivity index (χ1) is 13.3. The number of amides is 1. The fraction of sp³-hybridized carbons (Fsp3) is 0. The first kappa shape index (κ1) is 18.3. The minimum atomic E-state index is -4.03. The summed E-state index contributed by atoms with van der Waals surface area (Å²) in [6.07, 6.45) is 0. The Balaban J connectivity index is 1.67. The molecule has 0 atom stereocenters. The normalized spacial score (nSPS) is 12.9. The number of hydrogen-bond donors (Lipinski definition) is 2. The summed E-state index contributed by atoms with van der Waals surface area (Å²) in [4.78, 5) is 12.3. The molecule has 2 N–H and O–H groups in total. The van der Waals surface area contributed by atoms with Crippen molar-refractivity contribution < 1.29 is 22.3 Å². The Bertz CT molecular complexity index is 1210. The number of anilines is 2. The molecule has 1 amide bonds. The van der Waals surface area contributed by atoms with Gasteiger partial charge in [0.1, 0.15) is 11.6 Å². The molecular weight excluding hydrogens is 407 g/mol. The van der Waals surface area contributed by atoms with E-state index in [9.17, 15) is 17.6 Å². The van der Waals surface area contributed by atoms with Crippen molar-refractivity contribution in [2.45, 2.75) is 4.90 Å². The summed E-state index contributed by atoms with van der Waals surface area (Å²) < 4.78 is 46.5. The number of halogens is 2. The third-order valence-corrected chi connectivity index (χ3v) is 5.70. The molecule has 1 aliphatic heterocycles. The van der Waals surface area contributed by atoms with Gasteiger partial charge in [0, 0.05) is 5.69 Å². The highest BCUT2D eigenvalue weighted by Gasteiger charge is 2.22. The minimum absolute atomic E-state index is 0.143. The summed E-state index contributed by atoms with van der Waals surface area (Å²) in [6, 6.07) is 14.3. The van der Waals surface area contributed by atoms with E-state index in [2.05, 4.69) is 10.0 Å². The highest BCUT2D eigenvalue weighted by Crippen LogP contribution is 2.36. The topological polar surface area (TPSA) is 84.5 Å². The van der Waals surface area contributed by atoms with Gasteiger partial charge in [-0.1, -0.05) is 23.7 Å². The average molecular weight is 419 g/mol. The van der Waals surface area contributed by atoms with Crippen LogP contribution >= 0.6 is 11.6 Å². The SMILES string of the molecule is O=C1Nc2ccccc2Oc2ccc(NS(=O)(=O)c3ccc(F)c(Cl)c3)cc21. The van der Waals surface area contributed by atoms with Gasteiger partial charge in [-0.05, 0) is 48.5 Å². The molecule has 3 aromatic carbocycles. The fourth-order valence-electron chi connectivity index (χ4n) is 2.69. The molecule has 1 aliphatic rings. The fourth-order valence-corrected chi connectivity index (χ4v) is 4.01. The van der Waals surface area contributed by atoms with Crippen molar-refractivity contribution >= 4 is 38.9 Å². The zero-order valence-corrected chi connectivity index (χ0v) is 15.6. The van der Waals surface area contributed by atoms with Crippen LogP contribution in [0.25, 0.3) is 0 Å². The van der Waals surface area contributed by atoms with Crippen LogP contribution in [0.4, 0.5) is 15.8 Å². The van der Waals surface area contributed by atoms with Gasteiger partial charge in [-0.3, -0.25) is 9.52 Å². The summed E-state index contributed by atoms with van der Waals surface area (Å²) in [6.45, 7) is 0. The Hall–Kier alpha value is -3.10. The van der Waals surface area contributed by atoms with E-state index >= 15 is 0 Å². The lowest BCUT2D eigenvalue weighted by atomic mass is 10.1. The zero-order chi connectivity index (χ0) is 19.9. The van der Waals surface area contributed by atoms with Crippen molar-refractivity contribution in [2.24, 2.45) is 0 Å². The largest absolute Gasteiger partial charge is 0.454 e. The standard InChI is InChI=1S/C19H12ClFN2O4S/c20-14-10-12(6-7-15(14)21)28(25,26)23-11-5-8-17-13(9-11)19(24)22-16-3-1-2-4-18(16)27-17/h1-10,23H,(H,22,24). The van der Waals surface area contributed by atoms with Crippen LogP contribution in [0.1, 0.15) is 10.4 Å². The Morgan fingerprint density at radius 3 is 2.57 bits per heavy atom. The Kier molecular flexibility index (Phi) is 4.44. The van der Waals surface area contributed by atoms with Gasteiger partial charge in [0.05, 0.1) is 21.2 Å². The van der Waals surface area contributed by atoms with Crippen LogP contribution in [0, 0.1) is 5.82 Å². The second kappa shape index (κ2) is 6.81. The number of carbonyl (C=O) groups is 1. The number of rotatable bonds is 3. The van der Waals surface area contributed by atoms with Crippen LogP contribution in [-0.2, 0) is 10.0 Å². The first-order valence-corrected chi connectivity index (χ1v) is 9.90. The molecule has 0 saturated heterocycles. The van der Waals surface area contributed by atoms with Crippen LogP contribution in [0.3, 0.4) is 0 Å². The third-order valence-electron chi connectivity index (χ3n) is 4.03. The molecule has 142 valence electrons. The lowest BCUT2D eigenvalue weighted by molar-refractivity contribution is 0.102.